The molecule has 0 spiro atoms. The maximum Gasteiger partial charge on any atom is 0.255 e. The second-order valence-electron chi connectivity index (χ2n) is 5.49. The maximum atomic E-state index is 12.3. The van der Waals surface area contributed by atoms with Gasteiger partial charge in [0.05, 0.1) is 18.3 Å². The summed E-state index contributed by atoms with van der Waals surface area (Å²) in [4.78, 5) is 12.3. The number of para-hydroxylation sites is 1. The zero-order valence-corrected chi connectivity index (χ0v) is 12.8. The number of hydrogen-bond donors (Lipinski definition) is 2. The Hall–Kier alpha value is -1.59. The number of benzene rings is 1. The fraction of sp³-hybridized carbons (Fsp3) is 0.562. The Morgan fingerprint density at radius 3 is 2.95 bits per heavy atom. The monoisotopic (exact) mass is 293 g/mol. The van der Waals surface area contributed by atoms with Crippen LogP contribution in [0.2, 0.25) is 0 Å². The number of rotatable bonds is 6. The van der Waals surface area contributed by atoms with Crippen LogP contribution in [0.1, 0.15) is 42.1 Å². The lowest BCUT2D eigenvalue weighted by molar-refractivity contribution is 0.0587. The van der Waals surface area contributed by atoms with Crippen LogP contribution >= 0.6 is 0 Å². The summed E-state index contributed by atoms with van der Waals surface area (Å²) in [6.07, 6.45) is -0.0204. The molecule has 116 valence electrons. The fourth-order valence-electron chi connectivity index (χ4n) is 2.49. The molecule has 0 fully saturated rings. The largest absolute Gasteiger partial charge is 0.489 e. The average Bonchev–Trinajstić information content (AvgIpc) is 2.74. The van der Waals surface area contributed by atoms with E-state index in [1.165, 1.54) is 7.11 Å². The fourth-order valence-corrected chi connectivity index (χ4v) is 2.49. The van der Waals surface area contributed by atoms with Crippen molar-refractivity contribution in [3.63, 3.8) is 0 Å². The zero-order valence-electron chi connectivity index (χ0n) is 12.8. The summed E-state index contributed by atoms with van der Waals surface area (Å²) in [5, 5.41) is 12.4. The molecule has 0 aliphatic carbocycles. The molecule has 1 aromatic carbocycles. The van der Waals surface area contributed by atoms with Gasteiger partial charge < -0.3 is 19.9 Å². The lowest BCUT2D eigenvalue weighted by Gasteiger charge is -2.12. The minimum absolute atomic E-state index is 0.0810. The molecule has 0 saturated carbocycles. The Bertz CT molecular complexity index is 503. The number of aliphatic hydroxyl groups is 1. The first kappa shape index (κ1) is 15.8. The summed E-state index contributed by atoms with van der Waals surface area (Å²) in [5.74, 6) is 0.807. The number of fused-ring (bicyclic) bond motifs is 1. The van der Waals surface area contributed by atoms with E-state index in [2.05, 4.69) is 12.2 Å². The molecule has 0 aromatic heterocycles. The molecular formula is C16H23NO4. The van der Waals surface area contributed by atoms with E-state index >= 15 is 0 Å². The zero-order chi connectivity index (χ0) is 15.4. The van der Waals surface area contributed by atoms with E-state index in [1.807, 2.05) is 19.1 Å². The van der Waals surface area contributed by atoms with Crippen LogP contribution in [0.3, 0.4) is 0 Å². The summed E-state index contributed by atoms with van der Waals surface area (Å²) < 4.78 is 10.7. The summed E-state index contributed by atoms with van der Waals surface area (Å²) in [6, 6.07) is 5.65. The Morgan fingerprint density at radius 1 is 1.48 bits per heavy atom. The van der Waals surface area contributed by atoms with E-state index in [-0.39, 0.29) is 24.5 Å². The quantitative estimate of drug-likeness (QED) is 0.837. The van der Waals surface area contributed by atoms with Crippen LogP contribution in [0.25, 0.3) is 0 Å². The van der Waals surface area contributed by atoms with Gasteiger partial charge >= 0.3 is 0 Å². The third-order valence-corrected chi connectivity index (χ3v) is 3.91. The minimum atomic E-state index is -0.562. The van der Waals surface area contributed by atoms with Gasteiger partial charge in [0.1, 0.15) is 11.9 Å². The maximum absolute atomic E-state index is 12.3. The van der Waals surface area contributed by atoms with Gasteiger partial charge in [0.15, 0.2) is 0 Å². The topological polar surface area (TPSA) is 67.8 Å². The standard InChI is InChI=1S/C16H23NO4/c1-10-11(2)21-15-13(10)5-4-6-14(15)16(19)17-8-7-12(18)9-20-3/h4-6,10-12,18H,7-9H2,1-3H3,(H,17,19). The van der Waals surface area contributed by atoms with Crippen molar-refractivity contribution in [2.45, 2.75) is 38.4 Å². The molecule has 2 N–H and O–H groups in total. The smallest absolute Gasteiger partial charge is 0.255 e. The van der Waals surface area contributed by atoms with Crippen LogP contribution in [0.4, 0.5) is 0 Å². The molecule has 1 aromatic rings. The molecule has 3 atom stereocenters. The lowest BCUT2D eigenvalue weighted by atomic mass is 9.97. The highest BCUT2D eigenvalue weighted by Gasteiger charge is 2.30. The van der Waals surface area contributed by atoms with Crippen molar-refractivity contribution >= 4 is 5.91 Å². The van der Waals surface area contributed by atoms with Crippen molar-refractivity contribution in [2.75, 3.05) is 20.3 Å². The molecule has 1 aliphatic heterocycles. The van der Waals surface area contributed by atoms with Gasteiger partial charge in [0, 0.05) is 25.1 Å². The van der Waals surface area contributed by atoms with Crippen molar-refractivity contribution in [2.24, 2.45) is 0 Å². The normalized spacial score (nSPS) is 21.5. The third-order valence-electron chi connectivity index (χ3n) is 3.91. The lowest BCUT2D eigenvalue weighted by Crippen LogP contribution is -2.28. The highest BCUT2D eigenvalue weighted by molar-refractivity contribution is 5.97. The van der Waals surface area contributed by atoms with Crippen molar-refractivity contribution in [3.8, 4) is 5.75 Å². The van der Waals surface area contributed by atoms with Gasteiger partial charge in [0.2, 0.25) is 0 Å². The predicted molar refractivity (Wildman–Crippen MR) is 79.8 cm³/mol. The molecule has 1 amide bonds. The second-order valence-corrected chi connectivity index (χ2v) is 5.49. The van der Waals surface area contributed by atoms with E-state index in [9.17, 15) is 9.90 Å². The van der Waals surface area contributed by atoms with Crippen molar-refractivity contribution in [3.05, 3.63) is 29.3 Å². The summed E-state index contributed by atoms with van der Waals surface area (Å²) >= 11 is 0. The highest BCUT2D eigenvalue weighted by Crippen LogP contribution is 2.40. The predicted octanol–water partition coefficient (Wildman–Crippen LogP) is 1.70. The summed E-state index contributed by atoms with van der Waals surface area (Å²) in [5.41, 5.74) is 1.64. The van der Waals surface area contributed by atoms with Crippen LogP contribution < -0.4 is 10.1 Å². The first-order valence-electron chi connectivity index (χ1n) is 7.29. The Morgan fingerprint density at radius 2 is 2.24 bits per heavy atom. The molecular weight excluding hydrogens is 270 g/mol. The molecule has 21 heavy (non-hydrogen) atoms. The Balaban J connectivity index is 1.98. The number of carbonyl (C=O) groups excluding carboxylic acids is 1. The second kappa shape index (κ2) is 6.91. The van der Waals surface area contributed by atoms with Gasteiger partial charge in [-0.2, -0.15) is 0 Å². The molecule has 1 heterocycles. The number of methoxy groups -OCH3 is 1. The average molecular weight is 293 g/mol. The molecule has 0 bridgehead atoms. The van der Waals surface area contributed by atoms with Crippen molar-refractivity contribution < 1.29 is 19.4 Å². The molecule has 1 aliphatic rings. The van der Waals surface area contributed by atoms with Gasteiger partial charge in [-0.3, -0.25) is 4.79 Å². The van der Waals surface area contributed by atoms with E-state index < -0.39 is 6.10 Å². The van der Waals surface area contributed by atoms with E-state index in [0.29, 0.717) is 24.3 Å². The highest BCUT2D eigenvalue weighted by atomic mass is 16.5. The number of hydrogen-bond acceptors (Lipinski definition) is 4. The summed E-state index contributed by atoms with van der Waals surface area (Å²) in [6.45, 7) is 4.78. The SMILES string of the molecule is COCC(O)CCNC(=O)c1cccc2c1OC(C)C2C. The molecule has 5 nitrogen and oxygen atoms in total. The van der Waals surface area contributed by atoms with Gasteiger partial charge in [-0.1, -0.05) is 19.1 Å². The molecule has 2 rings (SSSR count). The van der Waals surface area contributed by atoms with E-state index in [1.54, 1.807) is 6.07 Å². The number of carbonyl (C=O) groups is 1. The number of nitrogens with one attached hydrogen (secondary N) is 1. The van der Waals surface area contributed by atoms with Gasteiger partial charge in [-0.05, 0) is 19.4 Å². The third kappa shape index (κ3) is 3.54. The van der Waals surface area contributed by atoms with E-state index in [4.69, 9.17) is 9.47 Å². The van der Waals surface area contributed by atoms with Crippen LogP contribution in [0.5, 0.6) is 5.75 Å². The van der Waals surface area contributed by atoms with Gasteiger partial charge in [-0.25, -0.2) is 0 Å². The van der Waals surface area contributed by atoms with Crippen LogP contribution in [-0.4, -0.2) is 43.5 Å². The number of ether oxygens (including phenoxy) is 2. The van der Waals surface area contributed by atoms with Gasteiger partial charge in [0.25, 0.3) is 5.91 Å². The molecule has 0 saturated heterocycles. The molecule has 0 radical (unpaired) electrons. The van der Waals surface area contributed by atoms with Crippen molar-refractivity contribution in [1.82, 2.24) is 5.32 Å². The molecule has 5 heteroatoms. The number of aliphatic hydroxyl groups excluding tert-OH is 1. The first-order chi connectivity index (χ1) is 10.0. The summed E-state index contributed by atoms with van der Waals surface area (Å²) in [7, 11) is 1.54. The van der Waals surface area contributed by atoms with Crippen LogP contribution in [-0.2, 0) is 4.74 Å². The van der Waals surface area contributed by atoms with E-state index in [0.717, 1.165) is 5.56 Å². The van der Waals surface area contributed by atoms with Crippen LogP contribution in [0.15, 0.2) is 18.2 Å². The van der Waals surface area contributed by atoms with Gasteiger partial charge in [-0.15, -0.1) is 0 Å². The van der Waals surface area contributed by atoms with Crippen LogP contribution in [0, 0.1) is 0 Å². The first-order valence-corrected chi connectivity index (χ1v) is 7.29. The Kier molecular flexibility index (Phi) is 5.20. The molecule has 3 unspecified atom stereocenters. The number of amides is 1. The Labute approximate surface area is 125 Å². The minimum Gasteiger partial charge on any atom is -0.489 e. The van der Waals surface area contributed by atoms with Crippen molar-refractivity contribution in [1.29, 1.82) is 0 Å².